The van der Waals surface area contributed by atoms with E-state index in [0.29, 0.717) is 11.1 Å². The molecular formula is C16H21ClFN. The van der Waals surface area contributed by atoms with E-state index in [1.54, 1.807) is 6.07 Å². The summed E-state index contributed by atoms with van der Waals surface area (Å²) >= 11 is 6.08. The molecule has 104 valence electrons. The second-order valence-corrected chi connectivity index (χ2v) is 6.49. The number of anilines is 1. The Bertz CT molecular complexity index is 448. The van der Waals surface area contributed by atoms with Crippen molar-refractivity contribution in [1.29, 1.82) is 0 Å². The highest BCUT2D eigenvalue weighted by Crippen LogP contribution is 2.41. The van der Waals surface area contributed by atoms with E-state index in [-0.39, 0.29) is 5.82 Å². The summed E-state index contributed by atoms with van der Waals surface area (Å²) in [7, 11) is 0. The Morgan fingerprint density at radius 3 is 2.63 bits per heavy atom. The van der Waals surface area contributed by atoms with Gasteiger partial charge in [0.1, 0.15) is 5.82 Å². The lowest BCUT2D eigenvalue weighted by atomic mass is 9.69. The first-order chi connectivity index (χ1) is 9.22. The van der Waals surface area contributed by atoms with Crippen molar-refractivity contribution in [2.24, 2.45) is 11.8 Å². The van der Waals surface area contributed by atoms with Crippen LogP contribution in [-0.4, -0.2) is 6.04 Å². The maximum Gasteiger partial charge on any atom is 0.124 e. The second-order valence-electron chi connectivity index (χ2n) is 6.08. The molecule has 2 aliphatic carbocycles. The van der Waals surface area contributed by atoms with Crippen molar-refractivity contribution in [2.45, 2.75) is 51.0 Å². The van der Waals surface area contributed by atoms with E-state index < -0.39 is 0 Å². The van der Waals surface area contributed by atoms with Crippen LogP contribution in [0.5, 0.6) is 0 Å². The van der Waals surface area contributed by atoms with Gasteiger partial charge >= 0.3 is 0 Å². The Morgan fingerprint density at radius 1 is 1.05 bits per heavy atom. The lowest BCUT2D eigenvalue weighted by Gasteiger charge is -2.39. The Morgan fingerprint density at radius 2 is 1.84 bits per heavy atom. The van der Waals surface area contributed by atoms with Crippen LogP contribution in [0.1, 0.15) is 44.9 Å². The number of hydrogen-bond acceptors (Lipinski definition) is 1. The summed E-state index contributed by atoms with van der Waals surface area (Å²) in [5.41, 5.74) is 0.877. The maximum absolute atomic E-state index is 13.0. The van der Waals surface area contributed by atoms with Crippen molar-refractivity contribution in [3.05, 3.63) is 29.0 Å². The van der Waals surface area contributed by atoms with Crippen LogP contribution in [0.2, 0.25) is 5.02 Å². The highest BCUT2D eigenvalue weighted by atomic mass is 35.5. The van der Waals surface area contributed by atoms with Gasteiger partial charge in [-0.05, 0) is 49.3 Å². The fourth-order valence-electron chi connectivity index (χ4n) is 3.83. The third-order valence-electron chi connectivity index (χ3n) is 4.83. The molecule has 3 heteroatoms. The third kappa shape index (κ3) is 3.05. The molecule has 0 aromatic heterocycles. The molecule has 0 amide bonds. The van der Waals surface area contributed by atoms with Crippen molar-refractivity contribution in [3.63, 3.8) is 0 Å². The van der Waals surface area contributed by atoms with Crippen molar-refractivity contribution in [3.8, 4) is 0 Å². The van der Waals surface area contributed by atoms with Crippen molar-refractivity contribution < 1.29 is 4.39 Å². The van der Waals surface area contributed by atoms with Crippen LogP contribution in [0, 0.1) is 17.7 Å². The molecule has 0 bridgehead atoms. The van der Waals surface area contributed by atoms with Crippen LogP contribution < -0.4 is 5.32 Å². The average Bonchev–Trinajstić information content (AvgIpc) is 2.42. The van der Waals surface area contributed by atoms with E-state index >= 15 is 0 Å². The molecule has 2 fully saturated rings. The minimum atomic E-state index is -0.272. The smallest absolute Gasteiger partial charge is 0.124 e. The summed E-state index contributed by atoms with van der Waals surface area (Å²) in [6.07, 6.45) is 9.43. The van der Waals surface area contributed by atoms with Gasteiger partial charge < -0.3 is 5.32 Å². The first-order valence-electron chi connectivity index (χ1n) is 7.44. The van der Waals surface area contributed by atoms with Crippen molar-refractivity contribution >= 4 is 17.3 Å². The van der Waals surface area contributed by atoms with E-state index in [2.05, 4.69) is 5.32 Å². The maximum atomic E-state index is 13.0. The Balaban J connectivity index is 1.64. The van der Waals surface area contributed by atoms with E-state index in [0.717, 1.165) is 17.5 Å². The number of nitrogens with one attached hydrogen (secondary N) is 1. The van der Waals surface area contributed by atoms with Crippen LogP contribution in [0.4, 0.5) is 10.1 Å². The first-order valence-corrected chi connectivity index (χ1v) is 7.82. The molecule has 1 nitrogen and oxygen atoms in total. The van der Waals surface area contributed by atoms with Gasteiger partial charge in [-0.3, -0.25) is 0 Å². The molecular weight excluding hydrogens is 261 g/mol. The monoisotopic (exact) mass is 281 g/mol. The highest BCUT2D eigenvalue weighted by Gasteiger charge is 2.32. The number of benzene rings is 1. The number of fused-ring (bicyclic) bond motifs is 1. The summed E-state index contributed by atoms with van der Waals surface area (Å²) < 4.78 is 13.0. The van der Waals surface area contributed by atoms with Crippen LogP contribution >= 0.6 is 11.6 Å². The predicted molar refractivity (Wildman–Crippen MR) is 78.1 cm³/mol. The van der Waals surface area contributed by atoms with E-state index in [1.807, 2.05) is 0 Å². The molecule has 1 aromatic carbocycles. The summed E-state index contributed by atoms with van der Waals surface area (Å²) in [4.78, 5) is 0. The largest absolute Gasteiger partial charge is 0.381 e. The first kappa shape index (κ1) is 13.2. The van der Waals surface area contributed by atoms with Gasteiger partial charge in [-0.2, -0.15) is 0 Å². The molecule has 3 rings (SSSR count). The highest BCUT2D eigenvalue weighted by molar-refractivity contribution is 6.33. The molecule has 2 aliphatic rings. The van der Waals surface area contributed by atoms with E-state index in [9.17, 15) is 4.39 Å². The zero-order valence-corrected chi connectivity index (χ0v) is 11.9. The third-order valence-corrected chi connectivity index (χ3v) is 5.14. The number of rotatable bonds is 2. The van der Waals surface area contributed by atoms with Gasteiger partial charge in [-0.25, -0.2) is 4.39 Å². The molecule has 0 spiro atoms. The molecule has 3 unspecified atom stereocenters. The summed E-state index contributed by atoms with van der Waals surface area (Å²) in [5, 5.41) is 4.00. The lowest BCUT2D eigenvalue weighted by Crippen LogP contribution is -2.34. The number of hydrogen-bond donors (Lipinski definition) is 1. The van der Waals surface area contributed by atoms with Crippen molar-refractivity contribution in [1.82, 2.24) is 0 Å². The van der Waals surface area contributed by atoms with Gasteiger partial charge in [0.25, 0.3) is 0 Å². The number of halogens is 2. The molecule has 1 aromatic rings. The molecule has 0 aliphatic heterocycles. The van der Waals surface area contributed by atoms with Gasteiger partial charge in [0, 0.05) is 6.04 Å². The van der Waals surface area contributed by atoms with Gasteiger partial charge in [-0.15, -0.1) is 0 Å². The van der Waals surface area contributed by atoms with Gasteiger partial charge in [0.15, 0.2) is 0 Å². The standard InChI is InChI=1S/C16H21ClFN/c17-15-10-13(18)6-8-16(15)19-14-7-5-11-3-1-2-4-12(11)9-14/h6,8,10-12,14,19H,1-5,7,9H2. The zero-order chi connectivity index (χ0) is 13.2. The average molecular weight is 282 g/mol. The van der Waals surface area contributed by atoms with Crippen LogP contribution in [0.15, 0.2) is 18.2 Å². The van der Waals surface area contributed by atoms with E-state index in [1.165, 1.54) is 57.1 Å². The van der Waals surface area contributed by atoms with E-state index in [4.69, 9.17) is 11.6 Å². The fourth-order valence-corrected chi connectivity index (χ4v) is 4.05. The van der Waals surface area contributed by atoms with Gasteiger partial charge in [0.2, 0.25) is 0 Å². The minimum Gasteiger partial charge on any atom is -0.381 e. The molecule has 1 N–H and O–H groups in total. The quantitative estimate of drug-likeness (QED) is 0.781. The second kappa shape index (κ2) is 5.70. The summed E-state index contributed by atoms with van der Waals surface area (Å²) in [6.45, 7) is 0. The molecule has 19 heavy (non-hydrogen) atoms. The lowest BCUT2D eigenvalue weighted by molar-refractivity contribution is 0.162. The molecule has 0 radical (unpaired) electrons. The minimum absolute atomic E-state index is 0.272. The molecule has 3 atom stereocenters. The Labute approximate surface area is 119 Å². The fraction of sp³-hybridized carbons (Fsp3) is 0.625. The molecule has 2 saturated carbocycles. The summed E-state index contributed by atoms with van der Waals surface area (Å²) in [5.74, 6) is 1.57. The zero-order valence-electron chi connectivity index (χ0n) is 11.2. The van der Waals surface area contributed by atoms with Crippen LogP contribution in [0.25, 0.3) is 0 Å². The molecule has 0 saturated heterocycles. The normalized spacial score (nSPS) is 30.7. The van der Waals surface area contributed by atoms with Crippen LogP contribution in [0.3, 0.4) is 0 Å². The Hall–Kier alpha value is -0.760. The van der Waals surface area contributed by atoms with Gasteiger partial charge in [0.05, 0.1) is 10.7 Å². The van der Waals surface area contributed by atoms with Crippen molar-refractivity contribution in [2.75, 3.05) is 5.32 Å². The molecule has 0 heterocycles. The SMILES string of the molecule is Fc1ccc(NC2CCC3CCCCC3C2)c(Cl)c1. The topological polar surface area (TPSA) is 12.0 Å². The van der Waals surface area contributed by atoms with Crippen LogP contribution in [-0.2, 0) is 0 Å². The summed E-state index contributed by atoms with van der Waals surface area (Å²) in [6, 6.07) is 5.11. The van der Waals surface area contributed by atoms with Gasteiger partial charge in [-0.1, -0.05) is 37.3 Å². The predicted octanol–water partition coefficient (Wildman–Crippen LogP) is 5.25. The Kier molecular flexibility index (Phi) is 3.97.